The lowest BCUT2D eigenvalue weighted by molar-refractivity contribution is -0.129. The van der Waals surface area contributed by atoms with Crippen molar-refractivity contribution in [1.82, 2.24) is 31.2 Å². The number of ether oxygens (including phenoxy) is 1. The van der Waals surface area contributed by atoms with Crippen molar-refractivity contribution >= 4 is 29.3 Å². The Morgan fingerprint density at radius 1 is 1.25 bits per heavy atom. The molecule has 1 aromatic heterocycles. The number of benzene rings is 1. The van der Waals surface area contributed by atoms with Crippen molar-refractivity contribution in [3.63, 3.8) is 0 Å². The second kappa shape index (κ2) is 11.2. The number of carbonyl (C=O) groups is 3. The molecule has 1 atom stereocenters. The van der Waals surface area contributed by atoms with E-state index in [-0.39, 0.29) is 37.8 Å². The molecule has 2 aliphatic heterocycles. The number of amides is 3. The van der Waals surface area contributed by atoms with Gasteiger partial charge in [0.15, 0.2) is 5.78 Å². The van der Waals surface area contributed by atoms with Crippen LogP contribution >= 0.6 is 0 Å². The highest BCUT2D eigenvalue weighted by atomic mass is 19.3. The molecule has 4 rings (SSSR count). The first kappa shape index (κ1) is 25.2. The Bertz CT molecular complexity index is 1090. The molecule has 3 amide bonds. The maximum atomic E-state index is 15.0. The molecule has 0 radical (unpaired) electrons. The molecule has 0 aliphatic carbocycles. The number of nitrogens with one attached hydrogen (secondary N) is 3. The molecule has 2 saturated heterocycles. The van der Waals surface area contributed by atoms with Crippen LogP contribution < -0.4 is 20.5 Å². The molecule has 0 unspecified atom stereocenters. The van der Waals surface area contributed by atoms with E-state index < -0.39 is 36.6 Å². The van der Waals surface area contributed by atoms with E-state index in [0.29, 0.717) is 31.0 Å². The van der Waals surface area contributed by atoms with Crippen LogP contribution in [0, 0.1) is 5.82 Å². The summed E-state index contributed by atoms with van der Waals surface area (Å²) < 4.78 is 44.9. The third-order valence-corrected chi connectivity index (χ3v) is 5.82. The van der Waals surface area contributed by atoms with Gasteiger partial charge in [-0.2, -0.15) is 15.4 Å². The van der Waals surface area contributed by atoms with E-state index in [1.165, 1.54) is 28.2 Å². The summed E-state index contributed by atoms with van der Waals surface area (Å²) in [4.78, 5) is 38.7. The molecule has 3 heterocycles. The Morgan fingerprint density at radius 2 is 2.08 bits per heavy atom. The third-order valence-electron chi connectivity index (χ3n) is 5.82. The van der Waals surface area contributed by atoms with E-state index in [1.807, 2.05) is 0 Å². The van der Waals surface area contributed by atoms with E-state index in [1.54, 1.807) is 11.0 Å². The number of urea groups is 1. The monoisotopic (exact) mass is 510 g/mol. The summed E-state index contributed by atoms with van der Waals surface area (Å²) in [6, 6.07) is 3.94. The summed E-state index contributed by atoms with van der Waals surface area (Å²) in [7, 11) is 0. The maximum absolute atomic E-state index is 15.0. The van der Waals surface area contributed by atoms with E-state index in [0.717, 1.165) is 0 Å². The van der Waals surface area contributed by atoms with Crippen LogP contribution in [0.5, 0.6) is 0 Å². The van der Waals surface area contributed by atoms with Crippen molar-refractivity contribution < 1.29 is 32.3 Å². The number of aromatic amines is 1. The van der Waals surface area contributed by atoms with Gasteiger partial charge < -0.3 is 15.0 Å². The van der Waals surface area contributed by atoms with Gasteiger partial charge in [-0.15, -0.1) is 0 Å². The molecule has 194 valence electrons. The molecule has 2 aromatic rings. The van der Waals surface area contributed by atoms with E-state index in [9.17, 15) is 23.2 Å². The van der Waals surface area contributed by atoms with Crippen LogP contribution in [0.15, 0.2) is 24.4 Å². The van der Waals surface area contributed by atoms with E-state index in [4.69, 9.17) is 4.74 Å². The number of nitrogens with zero attached hydrogens (tertiary/aromatic N) is 5. The fourth-order valence-electron chi connectivity index (χ4n) is 3.93. The van der Waals surface area contributed by atoms with Gasteiger partial charge in [0, 0.05) is 26.1 Å². The predicted molar refractivity (Wildman–Crippen MR) is 120 cm³/mol. The number of cyclic esters (lactones) is 1. The first-order valence-electron chi connectivity index (χ1n) is 11.3. The summed E-state index contributed by atoms with van der Waals surface area (Å²) >= 11 is 0. The lowest BCUT2D eigenvalue weighted by Crippen LogP contribution is -2.48. The molecule has 12 nitrogen and oxygen atoms in total. The normalized spacial score (nSPS) is 18.4. The Balaban J connectivity index is 1.32. The van der Waals surface area contributed by atoms with Crippen LogP contribution in [0.4, 0.5) is 34.1 Å². The molecule has 1 aromatic carbocycles. The lowest BCUT2D eigenvalue weighted by Gasteiger charge is -2.24. The Kier molecular flexibility index (Phi) is 7.87. The smallest absolute Gasteiger partial charge is 0.414 e. The molecule has 2 aliphatic rings. The number of H-pyrrole nitrogens is 1. The molecule has 2 fully saturated rings. The average Bonchev–Trinajstić information content (AvgIpc) is 3.44. The third kappa shape index (κ3) is 6.02. The Hall–Kier alpha value is -3.88. The summed E-state index contributed by atoms with van der Waals surface area (Å²) in [5, 5.41) is 14.1. The molecule has 15 heteroatoms. The second-order valence-electron chi connectivity index (χ2n) is 8.22. The van der Waals surface area contributed by atoms with Crippen LogP contribution in [0.1, 0.15) is 18.5 Å². The summed E-state index contributed by atoms with van der Waals surface area (Å²) in [6.45, 7) is 1.68. The highest BCUT2D eigenvalue weighted by Crippen LogP contribution is 2.29. The van der Waals surface area contributed by atoms with Crippen molar-refractivity contribution in [1.29, 1.82) is 0 Å². The number of carbonyl (C=O) groups excluding carboxylic acids is 3. The van der Waals surface area contributed by atoms with Crippen LogP contribution in [-0.2, 0) is 16.1 Å². The highest BCUT2D eigenvalue weighted by molar-refractivity contribution is 5.90. The number of hydrogen-bond acceptors (Lipinski definition) is 8. The van der Waals surface area contributed by atoms with Gasteiger partial charge in [-0.25, -0.2) is 28.2 Å². The average molecular weight is 510 g/mol. The van der Waals surface area contributed by atoms with Crippen molar-refractivity contribution in [2.24, 2.45) is 0 Å². The zero-order chi connectivity index (χ0) is 25.7. The fourth-order valence-corrected chi connectivity index (χ4v) is 3.93. The number of Topliss-reactive ketones (excluding diaryl/α,β-unsaturated/α-hetero) is 1. The van der Waals surface area contributed by atoms with Gasteiger partial charge in [0.1, 0.15) is 17.6 Å². The molecule has 0 saturated carbocycles. The number of hydrazine groups is 1. The topological polar surface area (TPSA) is 136 Å². The van der Waals surface area contributed by atoms with Gasteiger partial charge in [0.25, 0.3) is 6.43 Å². The van der Waals surface area contributed by atoms with Gasteiger partial charge in [-0.3, -0.25) is 14.7 Å². The van der Waals surface area contributed by atoms with E-state index in [2.05, 4.69) is 26.2 Å². The van der Waals surface area contributed by atoms with Crippen molar-refractivity contribution in [3.8, 4) is 0 Å². The second-order valence-corrected chi connectivity index (χ2v) is 8.22. The zero-order valence-corrected chi connectivity index (χ0v) is 19.1. The minimum atomic E-state index is -3.06. The van der Waals surface area contributed by atoms with Crippen molar-refractivity contribution in [2.45, 2.75) is 31.9 Å². The van der Waals surface area contributed by atoms with Crippen molar-refractivity contribution in [3.05, 3.63) is 35.9 Å². The molecular weight excluding hydrogens is 485 g/mol. The fraction of sp³-hybridized carbons (Fsp3) is 0.476. The molecular formula is C21H25F3N8O4. The number of aromatic nitrogens is 3. The van der Waals surface area contributed by atoms with Gasteiger partial charge >= 0.3 is 12.1 Å². The van der Waals surface area contributed by atoms with E-state index >= 15 is 4.39 Å². The standard InChI is InChI=1S/C21H25F3N8O4/c22-16-9-14(31-12-15(36-21(31)35)2-4-18(33)19(23)24)1-3-17(16)30-6-5-27-32(8-7-30)20(34)25-10-13-11-26-29-28-13/h1,3,9,11,15,19,27H,2,4-8,10,12H2,(H,25,34)(H,26,28,29)/t15-/m0/s1. The number of anilines is 2. The largest absolute Gasteiger partial charge is 0.444 e. The molecule has 36 heavy (non-hydrogen) atoms. The molecule has 3 N–H and O–H groups in total. The highest BCUT2D eigenvalue weighted by Gasteiger charge is 2.33. The van der Waals surface area contributed by atoms with Crippen LogP contribution in [0.3, 0.4) is 0 Å². The minimum Gasteiger partial charge on any atom is -0.444 e. The first-order chi connectivity index (χ1) is 17.3. The van der Waals surface area contributed by atoms with Crippen molar-refractivity contribution in [2.75, 3.05) is 42.5 Å². The minimum absolute atomic E-state index is 0.0280. The number of alkyl halides is 2. The Labute approximate surface area is 203 Å². The summed E-state index contributed by atoms with van der Waals surface area (Å²) in [5.74, 6) is -1.78. The molecule has 0 spiro atoms. The predicted octanol–water partition coefficient (Wildman–Crippen LogP) is 1.42. The number of hydrogen-bond donors (Lipinski definition) is 3. The summed E-state index contributed by atoms with van der Waals surface area (Å²) in [6.07, 6.45) is -3.47. The summed E-state index contributed by atoms with van der Waals surface area (Å²) in [5.41, 5.74) is 4.14. The number of halogens is 3. The van der Waals surface area contributed by atoms with Crippen LogP contribution in [0.2, 0.25) is 0 Å². The molecule has 0 bridgehead atoms. The van der Waals surface area contributed by atoms with Gasteiger partial charge in [-0.1, -0.05) is 0 Å². The number of rotatable bonds is 8. The van der Waals surface area contributed by atoms with Gasteiger partial charge in [0.05, 0.1) is 37.2 Å². The van der Waals surface area contributed by atoms with Crippen LogP contribution in [-0.4, -0.2) is 83.6 Å². The quantitative estimate of drug-likeness (QED) is 0.485. The number of ketones is 1. The zero-order valence-electron chi connectivity index (χ0n) is 19.1. The first-order valence-corrected chi connectivity index (χ1v) is 11.3. The van der Waals surface area contributed by atoms with Gasteiger partial charge in [-0.05, 0) is 24.6 Å². The van der Waals surface area contributed by atoms with Gasteiger partial charge in [0.2, 0.25) is 0 Å². The SMILES string of the molecule is O=C(CC[C@H]1CN(c2ccc(N3CCNN(C(=O)NCc4cn[nH]n4)CC3)c(F)c2)C(=O)O1)C(F)F. The Morgan fingerprint density at radius 3 is 2.81 bits per heavy atom. The lowest BCUT2D eigenvalue weighted by atomic mass is 10.1. The van der Waals surface area contributed by atoms with Crippen LogP contribution in [0.25, 0.3) is 0 Å². The maximum Gasteiger partial charge on any atom is 0.414 e.